The van der Waals surface area contributed by atoms with E-state index in [9.17, 15) is 9.59 Å². The van der Waals surface area contributed by atoms with Crippen LogP contribution in [0.4, 0.5) is 0 Å². The molecular formula is C14H21N3O2. The minimum Gasteiger partial charge on any atom is -0.358 e. The molecule has 5 heteroatoms. The van der Waals surface area contributed by atoms with E-state index in [-0.39, 0.29) is 18.4 Å². The van der Waals surface area contributed by atoms with Crippen LogP contribution in [0.25, 0.3) is 0 Å². The number of nitrogens with two attached hydrogens (primary N) is 1. The number of nitrogens with one attached hydrogen (secondary N) is 1. The average Bonchev–Trinajstić information content (AvgIpc) is 2.44. The topological polar surface area (TPSA) is 75.4 Å². The molecule has 1 aromatic carbocycles. The Morgan fingerprint density at radius 3 is 2.53 bits per heavy atom. The molecule has 1 aromatic rings. The van der Waals surface area contributed by atoms with Crippen LogP contribution in [0.15, 0.2) is 30.3 Å². The molecule has 0 saturated heterocycles. The molecule has 0 radical (unpaired) electrons. The summed E-state index contributed by atoms with van der Waals surface area (Å²) in [6, 6.07) is 9.30. The molecule has 1 atom stereocenters. The van der Waals surface area contributed by atoms with Crippen molar-refractivity contribution in [3.63, 3.8) is 0 Å². The lowest BCUT2D eigenvalue weighted by Crippen LogP contribution is -2.45. The molecule has 19 heavy (non-hydrogen) atoms. The first-order valence-corrected chi connectivity index (χ1v) is 6.29. The van der Waals surface area contributed by atoms with Gasteiger partial charge in [-0.1, -0.05) is 30.3 Å². The van der Waals surface area contributed by atoms with Gasteiger partial charge in [0.1, 0.15) is 0 Å². The summed E-state index contributed by atoms with van der Waals surface area (Å²) in [7, 11) is 3.12. The van der Waals surface area contributed by atoms with Crippen LogP contribution in [0.5, 0.6) is 0 Å². The molecule has 1 rings (SSSR count). The number of rotatable bonds is 6. The van der Waals surface area contributed by atoms with Gasteiger partial charge in [-0.2, -0.15) is 0 Å². The number of carbonyl (C=O) groups is 2. The number of nitrogens with zero attached hydrogens (tertiary/aromatic N) is 1. The van der Waals surface area contributed by atoms with Crippen LogP contribution in [-0.2, 0) is 16.0 Å². The van der Waals surface area contributed by atoms with E-state index in [1.54, 1.807) is 7.05 Å². The summed E-state index contributed by atoms with van der Waals surface area (Å²) in [4.78, 5) is 24.5. The standard InChI is InChI=1S/C14H21N3O2/c1-16-13(18)10-17(2)14(19)12(15)9-8-11-6-4-3-5-7-11/h3-7,12H,8-10,15H2,1-2H3,(H,16,18). The third-order valence-corrected chi connectivity index (χ3v) is 2.94. The van der Waals surface area contributed by atoms with Crippen molar-refractivity contribution in [2.45, 2.75) is 18.9 Å². The maximum atomic E-state index is 11.9. The number of benzene rings is 1. The zero-order valence-electron chi connectivity index (χ0n) is 11.4. The SMILES string of the molecule is CNC(=O)CN(C)C(=O)C(N)CCc1ccccc1. The fourth-order valence-corrected chi connectivity index (χ4v) is 1.75. The van der Waals surface area contributed by atoms with Gasteiger partial charge in [-0.3, -0.25) is 9.59 Å². The predicted octanol–water partition coefficient (Wildman–Crippen LogP) is 0.151. The third kappa shape index (κ3) is 5.09. The summed E-state index contributed by atoms with van der Waals surface area (Å²) in [6.45, 7) is 0.0361. The van der Waals surface area contributed by atoms with Crippen LogP contribution in [0.3, 0.4) is 0 Å². The molecule has 0 fully saturated rings. The average molecular weight is 263 g/mol. The second-order valence-corrected chi connectivity index (χ2v) is 4.50. The number of aryl methyl sites for hydroxylation is 1. The van der Waals surface area contributed by atoms with Crippen molar-refractivity contribution in [3.8, 4) is 0 Å². The summed E-state index contributed by atoms with van der Waals surface area (Å²) < 4.78 is 0. The second kappa shape index (κ2) is 7.53. The predicted molar refractivity (Wildman–Crippen MR) is 74.4 cm³/mol. The summed E-state index contributed by atoms with van der Waals surface area (Å²) in [5.74, 6) is -0.411. The van der Waals surface area contributed by atoms with E-state index in [4.69, 9.17) is 5.73 Å². The zero-order chi connectivity index (χ0) is 14.3. The molecule has 0 aromatic heterocycles. The molecule has 0 saturated carbocycles. The zero-order valence-corrected chi connectivity index (χ0v) is 11.4. The lowest BCUT2D eigenvalue weighted by atomic mass is 10.1. The number of amides is 2. The Morgan fingerprint density at radius 1 is 1.32 bits per heavy atom. The van der Waals surface area contributed by atoms with E-state index in [0.29, 0.717) is 6.42 Å². The Kier molecular flexibility index (Phi) is 6.02. The molecule has 0 aliphatic rings. The smallest absolute Gasteiger partial charge is 0.239 e. The van der Waals surface area contributed by atoms with Crippen LogP contribution in [0, 0.1) is 0 Å². The highest BCUT2D eigenvalue weighted by Gasteiger charge is 2.19. The molecule has 1 unspecified atom stereocenters. The summed E-state index contributed by atoms with van der Waals surface area (Å²) in [5, 5.41) is 2.47. The molecule has 0 bridgehead atoms. The van der Waals surface area contributed by atoms with Crippen molar-refractivity contribution in [2.75, 3.05) is 20.6 Å². The van der Waals surface area contributed by atoms with Crippen LogP contribution in [0.2, 0.25) is 0 Å². The second-order valence-electron chi connectivity index (χ2n) is 4.50. The van der Waals surface area contributed by atoms with Crippen molar-refractivity contribution < 1.29 is 9.59 Å². The van der Waals surface area contributed by atoms with E-state index in [1.165, 1.54) is 11.9 Å². The van der Waals surface area contributed by atoms with Gasteiger partial charge in [0.25, 0.3) is 0 Å². The monoisotopic (exact) mass is 263 g/mol. The molecule has 5 nitrogen and oxygen atoms in total. The minimum absolute atomic E-state index is 0.0361. The van der Waals surface area contributed by atoms with Crippen molar-refractivity contribution >= 4 is 11.8 Å². The van der Waals surface area contributed by atoms with E-state index in [1.807, 2.05) is 30.3 Å². The van der Waals surface area contributed by atoms with Gasteiger partial charge in [0.2, 0.25) is 11.8 Å². The number of hydrogen-bond acceptors (Lipinski definition) is 3. The Labute approximate surface area is 113 Å². The molecule has 0 spiro atoms. The maximum absolute atomic E-state index is 11.9. The van der Waals surface area contributed by atoms with Crippen LogP contribution >= 0.6 is 0 Å². The van der Waals surface area contributed by atoms with Crippen molar-refractivity contribution in [2.24, 2.45) is 5.73 Å². The Morgan fingerprint density at radius 2 is 1.95 bits per heavy atom. The van der Waals surface area contributed by atoms with Crippen LogP contribution in [-0.4, -0.2) is 43.4 Å². The normalized spacial score (nSPS) is 11.7. The van der Waals surface area contributed by atoms with Gasteiger partial charge in [0, 0.05) is 14.1 Å². The van der Waals surface area contributed by atoms with Gasteiger partial charge in [0.05, 0.1) is 12.6 Å². The van der Waals surface area contributed by atoms with Gasteiger partial charge in [-0.25, -0.2) is 0 Å². The quantitative estimate of drug-likeness (QED) is 0.767. The summed E-state index contributed by atoms with van der Waals surface area (Å²) in [5.41, 5.74) is 7.01. The largest absolute Gasteiger partial charge is 0.358 e. The van der Waals surface area contributed by atoms with Gasteiger partial charge in [-0.05, 0) is 18.4 Å². The Hall–Kier alpha value is -1.88. The van der Waals surface area contributed by atoms with Gasteiger partial charge < -0.3 is 16.0 Å². The van der Waals surface area contributed by atoms with Crippen molar-refractivity contribution in [3.05, 3.63) is 35.9 Å². The maximum Gasteiger partial charge on any atom is 0.239 e. The summed E-state index contributed by atoms with van der Waals surface area (Å²) >= 11 is 0. The lowest BCUT2D eigenvalue weighted by molar-refractivity contribution is -0.135. The van der Waals surface area contributed by atoms with E-state index in [2.05, 4.69) is 5.32 Å². The fraction of sp³-hybridized carbons (Fsp3) is 0.429. The molecule has 0 heterocycles. The van der Waals surface area contributed by atoms with Crippen molar-refractivity contribution in [1.82, 2.24) is 10.2 Å². The number of carbonyl (C=O) groups excluding carboxylic acids is 2. The van der Waals surface area contributed by atoms with Crippen molar-refractivity contribution in [1.29, 1.82) is 0 Å². The molecule has 0 aliphatic carbocycles. The van der Waals surface area contributed by atoms with Gasteiger partial charge in [0.15, 0.2) is 0 Å². The van der Waals surface area contributed by atoms with Gasteiger partial charge >= 0.3 is 0 Å². The highest BCUT2D eigenvalue weighted by atomic mass is 16.2. The number of likely N-dealkylation sites (N-methyl/N-ethyl adjacent to an activating group) is 2. The highest BCUT2D eigenvalue weighted by molar-refractivity contribution is 5.87. The molecule has 0 aliphatic heterocycles. The first kappa shape index (κ1) is 15.2. The molecule has 3 N–H and O–H groups in total. The Bertz CT molecular complexity index is 420. The number of hydrogen-bond donors (Lipinski definition) is 2. The fourth-order valence-electron chi connectivity index (χ4n) is 1.75. The molecular weight excluding hydrogens is 242 g/mol. The first-order chi connectivity index (χ1) is 9.04. The minimum atomic E-state index is -0.574. The van der Waals surface area contributed by atoms with Gasteiger partial charge in [-0.15, -0.1) is 0 Å². The third-order valence-electron chi connectivity index (χ3n) is 2.94. The van der Waals surface area contributed by atoms with E-state index < -0.39 is 6.04 Å². The summed E-state index contributed by atoms with van der Waals surface area (Å²) in [6.07, 6.45) is 1.32. The lowest BCUT2D eigenvalue weighted by Gasteiger charge is -2.20. The van der Waals surface area contributed by atoms with E-state index >= 15 is 0 Å². The molecule has 104 valence electrons. The van der Waals surface area contributed by atoms with E-state index in [0.717, 1.165) is 12.0 Å². The van der Waals surface area contributed by atoms with Crippen LogP contribution in [0.1, 0.15) is 12.0 Å². The first-order valence-electron chi connectivity index (χ1n) is 6.29. The molecule has 2 amide bonds. The Balaban J connectivity index is 2.42. The highest BCUT2D eigenvalue weighted by Crippen LogP contribution is 2.05. The van der Waals surface area contributed by atoms with Crippen LogP contribution < -0.4 is 11.1 Å².